The SMILES string of the molecule is O=C(O)CCC(=O)N1N=C(c2cccc(Br)c2)CC1c1cccc(Br)c1. The average molecular weight is 480 g/mol. The summed E-state index contributed by atoms with van der Waals surface area (Å²) in [6.07, 6.45) is 0.295. The molecule has 0 bridgehead atoms. The Balaban J connectivity index is 1.93. The van der Waals surface area contributed by atoms with Crippen LogP contribution in [0.5, 0.6) is 0 Å². The van der Waals surface area contributed by atoms with Crippen molar-refractivity contribution in [1.82, 2.24) is 5.01 Å². The Morgan fingerprint density at radius 1 is 1.08 bits per heavy atom. The topological polar surface area (TPSA) is 70.0 Å². The Bertz CT molecular complexity index is 883. The zero-order chi connectivity index (χ0) is 18.7. The number of amides is 1. The summed E-state index contributed by atoms with van der Waals surface area (Å²) in [5, 5.41) is 14.8. The maximum Gasteiger partial charge on any atom is 0.303 e. The highest BCUT2D eigenvalue weighted by Gasteiger charge is 2.33. The molecule has 1 unspecified atom stereocenters. The molecule has 1 aliphatic rings. The lowest BCUT2D eigenvalue weighted by molar-refractivity contribution is -0.141. The molecule has 5 nitrogen and oxygen atoms in total. The van der Waals surface area contributed by atoms with Crippen molar-refractivity contribution in [3.8, 4) is 0 Å². The van der Waals surface area contributed by atoms with Gasteiger partial charge in [0.15, 0.2) is 0 Å². The quantitative estimate of drug-likeness (QED) is 0.672. The van der Waals surface area contributed by atoms with Gasteiger partial charge in [0, 0.05) is 21.8 Å². The smallest absolute Gasteiger partial charge is 0.303 e. The highest BCUT2D eigenvalue weighted by molar-refractivity contribution is 9.10. The minimum absolute atomic E-state index is 0.0743. The van der Waals surface area contributed by atoms with Gasteiger partial charge in [-0.25, -0.2) is 5.01 Å². The number of hydrazone groups is 1. The monoisotopic (exact) mass is 478 g/mol. The van der Waals surface area contributed by atoms with Crippen molar-refractivity contribution in [1.29, 1.82) is 0 Å². The third-order valence-electron chi connectivity index (χ3n) is 4.11. The number of nitrogens with zero attached hydrogens (tertiary/aromatic N) is 2. The Morgan fingerprint density at radius 2 is 1.77 bits per heavy atom. The van der Waals surface area contributed by atoms with Crippen LogP contribution in [0.3, 0.4) is 0 Å². The number of benzene rings is 2. The summed E-state index contributed by atoms with van der Waals surface area (Å²) in [4.78, 5) is 23.4. The molecule has 3 rings (SSSR count). The Labute approximate surface area is 168 Å². The second kappa shape index (κ2) is 8.14. The molecule has 2 aromatic carbocycles. The molecule has 1 aliphatic heterocycles. The zero-order valence-corrected chi connectivity index (χ0v) is 16.9. The molecule has 1 heterocycles. The lowest BCUT2D eigenvalue weighted by Crippen LogP contribution is -2.27. The number of halogens is 2. The molecule has 0 saturated carbocycles. The fourth-order valence-electron chi connectivity index (χ4n) is 2.88. The largest absolute Gasteiger partial charge is 0.481 e. The second-order valence-electron chi connectivity index (χ2n) is 5.96. The molecular formula is C19H16Br2N2O3. The lowest BCUT2D eigenvalue weighted by atomic mass is 9.98. The molecule has 2 aromatic rings. The van der Waals surface area contributed by atoms with Gasteiger partial charge in [-0.3, -0.25) is 9.59 Å². The van der Waals surface area contributed by atoms with Crippen LogP contribution in [0.2, 0.25) is 0 Å². The van der Waals surface area contributed by atoms with Crippen LogP contribution in [0.15, 0.2) is 62.6 Å². The predicted molar refractivity (Wildman–Crippen MR) is 106 cm³/mol. The van der Waals surface area contributed by atoms with Gasteiger partial charge in [-0.1, -0.05) is 56.1 Å². The van der Waals surface area contributed by atoms with Crippen LogP contribution in [-0.4, -0.2) is 27.7 Å². The van der Waals surface area contributed by atoms with Crippen molar-refractivity contribution in [2.24, 2.45) is 5.10 Å². The standard InChI is InChI=1S/C19H16Br2N2O3/c20-14-5-1-3-12(9-14)16-11-17(13-4-2-6-15(21)10-13)23(22-16)18(24)7-8-19(25)26/h1-6,9-10,17H,7-8,11H2,(H,25,26). The predicted octanol–water partition coefficient (Wildman–Crippen LogP) is 4.75. The van der Waals surface area contributed by atoms with Crippen LogP contribution < -0.4 is 0 Å². The fourth-order valence-corrected chi connectivity index (χ4v) is 3.70. The zero-order valence-electron chi connectivity index (χ0n) is 13.7. The normalized spacial score (nSPS) is 16.5. The molecule has 26 heavy (non-hydrogen) atoms. The summed E-state index contributed by atoms with van der Waals surface area (Å²) in [7, 11) is 0. The van der Waals surface area contributed by atoms with Gasteiger partial charge in [0.2, 0.25) is 5.91 Å². The number of hydrogen-bond acceptors (Lipinski definition) is 3. The number of carboxylic acid groups (broad SMARTS) is 1. The number of aliphatic carboxylic acids is 1. The molecule has 0 aromatic heterocycles. The third kappa shape index (κ3) is 4.40. The number of hydrogen-bond donors (Lipinski definition) is 1. The maximum absolute atomic E-state index is 12.6. The van der Waals surface area contributed by atoms with Crippen molar-refractivity contribution in [2.75, 3.05) is 0 Å². The molecule has 1 amide bonds. The molecule has 1 atom stereocenters. The van der Waals surface area contributed by atoms with E-state index in [1.54, 1.807) is 0 Å². The summed E-state index contributed by atoms with van der Waals surface area (Å²) in [5.41, 5.74) is 2.70. The number of carboxylic acids is 1. The molecule has 0 aliphatic carbocycles. The van der Waals surface area contributed by atoms with E-state index in [1.807, 2.05) is 48.5 Å². The van der Waals surface area contributed by atoms with Crippen molar-refractivity contribution in [3.63, 3.8) is 0 Å². The highest BCUT2D eigenvalue weighted by Crippen LogP contribution is 2.34. The highest BCUT2D eigenvalue weighted by atomic mass is 79.9. The lowest BCUT2D eigenvalue weighted by Gasteiger charge is -2.22. The number of rotatable bonds is 5. The van der Waals surface area contributed by atoms with Crippen molar-refractivity contribution >= 4 is 49.4 Å². The van der Waals surface area contributed by atoms with Gasteiger partial charge in [0.25, 0.3) is 0 Å². The van der Waals surface area contributed by atoms with E-state index >= 15 is 0 Å². The number of carbonyl (C=O) groups excluding carboxylic acids is 1. The van der Waals surface area contributed by atoms with Crippen LogP contribution in [0.4, 0.5) is 0 Å². The molecule has 0 saturated heterocycles. The van der Waals surface area contributed by atoms with Crippen molar-refractivity contribution in [3.05, 3.63) is 68.6 Å². The Hall–Kier alpha value is -1.99. The molecule has 0 spiro atoms. The first-order chi connectivity index (χ1) is 12.4. The van der Waals surface area contributed by atoms with E-state index in [-0.39, 0.29) is 24.8 Å². The van der Waals surface area contributed by atoms with Crippen LogP contribution in [0.1, 0.15) is 36.4 Å². The number of carbonyl (C=O) groups is 2. The molecule has 7 heteroatoms. The van der Waals surface area contributed by atoms with Crippen LogP contribution in [0, 0.1) is 0 Å². The van der Waals surface area contributed by atoms with Gasteiger partial charge in [-0.15, -0.1) is 0 Å². The van der Waals surface area contributed by atoms with Crippen LogP contribution >= 0.6 is 31.9 Å². The summed E-state index contributed by atoms with van der Waals surface area (Å²) < 4.78 is 1.86. The first-order valence-corrected chi connectivity index (χ1v) is 9.65. The summed E-state index contributed by atoms with van der Waals surface area (Å²) in [5.74, 6) is -1.28. The van der Waals surface area contributed by atoms with E-state index in [9.17, 15) is 9.59 Å². The minimum atomic E-state index is -0.993. The average Bonchev–Trinajstić information content (AvgIpc) is 3.05. The van der Waals surface area contributed by atoms with Gasteiger partial charge >= 0.3 is 5.97 Å². The van der Waals surface area contributed by atoms with E-state index in [0.717, 1.165) is 25.8 Å². The summed E-state index contributed by atoms with van der Waals surface area (Å²) >= 11 is 6.92. The second-order valence-corrected chi connectivity index (χ2v) is 7.80. The van der Waals surface area contributed by atoms with E-state index in [0.29, 0.717) is 6.42 Å². The van der Waals surface area contributed by atoms with Gasteiger partial charge in [-0.05, 0) is 35.4 Å². The van der Waals surface area contributed by atoms with E-state index in [4.69, 9.17) is 5.11 Å². The molecule has 134 valence electrons. The van der Waals surface area contributed by atoms with E-state index in [2.05, 4.69) is 37.0 Å². The van der Waals surface area contributed by atoms with Gasteiger partial charge < -0.3 is 5.11 Å². The minimum Gasteiger partial charge on any atom is -0.481 e. The first kappa shape index (κ1) is 18.8. The van der Waals surface area contributed by atoms with E-state index < -0.39 is 5.97 Å². The van der Waals surface area contributed by atoms with E-state index in [1.165, 1.54) is 5.01 Å². The summed E-state index contributed by atoms with van der Waals surface area (Å²) in [6.45, 7) is 0. The first-order valence-electron chi connectivity index (χ1n) is 8.07. The van der Waals surface area contributed by atoms with Crippen molar-refractivity contribution in [2.45, 2.75) is 25.3 Å². The Morgan fingerprint density at radius 3 is 2.42 bits per heavy atom. The van der Waals surface area contributed by atoms with Crippen LogP contribution in [-0.2, 0) is 9.59 Å². The Kier molecular flexibility index (Phi) is 5.88. The molecule has 0 fully saturated rings. The maximum atomic E-state index is 12.6. The summed E-state index contributed by atoms with van der Waals surface area (Å²) in [6, 6.07) is 15.3. The molecule has 1 N–H and O–H groups in total. The molecular weight excluding hydrogens is 464 g/mol. The van der Waals surface area contributed by atoms with Crippen LogP contribution in [0.25, 0.3) is 0 Å². The third-order valence-corrected chi connectivity index (χ3v) is 5.10. The van der Waals surface area contributed by atoms with Gasteiger partial charge in [0.05, 0.1) is 18.2 Å². The molecule has 0 radical (unpaired) electrons. The van der Waals surface area contributed by atoms with Gasteiger partial charge in [0.1, 0.15) is 0 Å². The van der Waals surface area contributed by atoms with Gasteiger partial charge in [-0.2, -0.15) is 5.10 Å². The van der Waals surface area contributed by atoms with Crippen molar-refractivity contribution < 1.29 is 14.7 Å². The fraction of sp³-hybridized carbons (Fsp3) is 0.211.